The zero-order chi connectivity index (χ0) is 27.0. The Morgan fingerprint density at radius 1 is 1.05 bits per heavy atom. The summed E-state index contributed by atoms with van der Waals surface area (Å²) in [5, 5.41) is 6.20. The molecule has 2 N–H and O–H groups in total. The summed E-state index contributed by atoms with van der Waals surface area (Å²) in [7, 11) is 0.938. The lowest BCUT2D eigenvalue weighted by Crippen LogP contribution is -2.38. The van der Waals surface area contributed by atoms with Gasteiger partial charge in [-0.2, -0.15) is 4.31 Å². The highest BCUT2D eigenvalue weighted by Crippen LogP contribution is 2.40. The van der Waals surface area contributed by atoms with Gasteiger partial charge in [0.1, 0.15) is 6.04 Å². The highest BCUT2D eigenvalue weighted by molar-refractivity contribution is 7.89. The molecule has 0 unspecified atom stereocenters. The van der Waals surface area contributed by atoms with Crippen molar-refractivity contribution in [2.75, 3.05) is 52.9 Å². The Labute approximate surface area is 219 Å². The molecule has 37 heavy (non-hydrogen) atoms. The van der Waals surface area contributed by atoms with Crippen molar-refractivity contribution in [1.29, 1.82) is 0 Å². The molecule has 0 bridgehead atoms. The maximum absolute atomic E-state index is 13.4. The van der Waals surface area contributed by atoms with Crippen molar-refractivity contribution >= 4 is 21.6 Å². The fourth-order valence-corrected chi connectivity index (χ4v) is 5.75. The van der Waals surface area contributed by atoms with Gasteiger partial charge in [-0.3, -0.25) is 4.79 Å². The highest BCUT2D eigenvalue weighted by atomic mass is 32.2. The van der Waals surface area contributed by atoms with E-state index in [0.29, 0.717) is 54.7 Å². The van der Waals surface area contributed by atoms with Crippen LogP contribution in [0.3, 0.4) is 0 Å². The molecule has 2 aromatic rings. The van der Waals surface area contributed by atoms with Crippen LogP contribution in [0.1, 0.15) is 38.3 Å². The van der Waals surface area contributed by atoms with Gasteiger partial charge in [0, 0.05) is 31.9 Å². The van der Waals surface area contributed by atoms with Gasteiger partial charge < -0.3 is 29.6 Å². The van der Waals surface area contributed by atoms with Crippen LogP contribution in [-0.4, -0.2) is 72.3 Å². The quantitative estimate of drug-likeness (QED) is 0.402. The number of carbonyl (C=O) groups excluding carboxylic acids is 1. The van der Waals surface area contributed by atoms with Crippen LogP contribution >= 0.6 is 0 Å². The minimum absolute atomic E-state index is 0.0193. The van der Waals surface area contributed by atoms with Crippen LogP contribution in [0, 0.1) is 0 Å². The number of benzene rings is 2. The van der Waals surface area contributed by atoms with Gasteiger partial charge in [-0.05, 0) is 54.8 Å². The lowest BCUT2D eigenvalue weighted by Gasteiger charge is -2.23. The molecule has 1 fully saturated rings. The van der Waals surface area contributed by atoms with Crippen molar-refractivity contribution in [1.82, 2.24) is 9.62 Å². The number of ether oxygens (including phenoxy) is 4. The second-order valence-electron chi connectivity index (χ2n) is 8.53. The molecule has 1 saturated heterocycles. The second-order valence-corrected chi connectivity index (χ2v) is 10.5. The molecule has 11 heteroatoms. The third-order valence-corrected chi connectivity index (χ3v) is 8.38. The van der Waals surface area contributed by atoms with Crippen molar-refractivity contribution in [2.24, 2.45) is 0 Å². The average molecular weight is 536 g/mol. The summed E-state index contributed by atoms with van der Waals surface area (Å²) in [5.74, 6) is 0.968. The lowest BCUT2D eigenvalue weighted by molar-refractivity contribution is -0.122. The fourth-order valence-electron chi connectivity index (χ4n) is 4.29. The first-order chi connectivity index (χ1) is 17.8. The predicted molar refractivity (Wildman–Crippen MR) is 141 cm³/mol. The van der Waals surface area contributed by atoms with Gasteiger partial charge in [0.15, 0.2) is 11.5 Å². The third kappa shape index (κ3) is 6.65. The first kappa shape index (κ1) is 28.5. The SMILES string of the molecule is CCN(CC)S(=O)(=O)c1ccc(N[C@@H](C(=O)NC[C@H]2CCCO2)c2cc(OC)c(OC)c(OC)c2)cc1. The molecule has 2 aromatic carbocycles. The maximum Gasteiger partial charge on any atom is 0.247 e. The Bertz CT molecular complexity index is 1120. The van der Waals surface area contributed by atoms with Gasteiger partial charge in [-0.15, -0.1) is 0 Å². The number of rotatable bonds is 13. The molecule has 3 rings (SSSR count). The lowest BCUT2D eigenvalue weighted by atomic mass is 10.0. The van der Waals surface area contributed by atoms with E-state index >= 15 is 0 Å². The highest BCUT2D eigenvalue weighted by Gasteiger charge is 2.27. The van der Waals surface area contributed by atoms with Gasteiger partial charge in [0.25, 0.3) is 0 Å². The molecule has 0 aliphatic carbocycles. The van der Waals surface area contributed by atoms with Crippen LogP contribution in [-0.2, 0) is 19.6 Å². The van der Waals surface area contributed by atoms with Gasteiger partial charge in [0.2, 0.25) is 21.7 Å². The van der Waals surface area contributed by atoms with E-state index in [-0.39, 0.29) is 16.9 Å². The van der Waals surface area contributed by atoms with E-state index < -0.39 is 16.1 Å². The number of amides is 1. The number of nitrogens with one attached hydrogen (secondary N) is 2. The summed E-state index contributed by atoms with van der Waals surface area (Å²) in [6, 6.07) is 8.95. The van der Waals surface area contributed by atoms with Crippen LogP contribution in [0.5, 0.6) is 17.2 Å². The molecule has 10 nitrogen and oxygen atoms in total. The molecule has 0 saturated carbocycles. The van der Waals surface area contributed by atoms with E-state index in [1.807, 2.05) is 0 Å². The number of hydrogen-bond donors (Lipinski definition) is 2. The van der Waals surface area contributed by atoms with Gasteiger partial charge in [0.05, 0.1) is 32.3 Å². The van der Waals surface area contributed by atoms with Crippen LogP contribution in [0.15, 0.2) is 41.3 Å². The van der Waals surface area contributed by atoms with Crippen molar-refractivity contribution < 1.29 is 32.2 Å². The number of anilines is 1. The molecule has 0 spiro atoms. The Morgan fingerprint density at radius 2 is 1.68 bits per heavy atom. The summed E-state index contributed by atoms with van der Waals surface area (Å²) < 4.78 is 49.1. The first-order valence-electron chi connectivity index (χ1n) is 12.3. The number of methoxy groups -OCH3 is 3. The second kappa shape index (κ2) is 13.0. The molecule has 1 aliphatic heterocycles. The van der Waals surface area contributed by atoms with E-state index in [1.165, 1.54) is 37.8 Å². The normalized spacial score (nSPS) is 16.3. The van der Waals surface area contributed by atoms with E-state index in [9.17, 15) is 13.2 Å². The van der Waals surface area contributed by atoms with Crippen molar-refractivity contribution in [3.63, 3.8) is 0 Å². The van der Waals surface area contributed by atoms with Crippen LogP contribution in [0.4, 0.5) is 5.69 Å². The number of nitrogens with zero attached hydrogens (tertiary/aromatic N) is 1. The topological polar surface area (TPSA) is 115 Å². The van der Waals surface area contributed by atoms with Crippen molar-refractivity contribution in [3.05, 3.63) is 42.0 Å². The maximum atomic E-state index is 13.4. The number of carbonyl (C=O) groups is 1. The molecule has 1 aliphatic rings. The summed E-state index contributed by atoms with van der Waals surface area (Å²) in [6.45, 7) is 5.45. The first-order valence-corrected chi connectivity index (χ1v) is 13.8. The molecular weight excluding hydrogens is 498 g/mol. The average Bonchev–Trinajstić information content (AvgIpc) is 3.44. The monoisotopic (exact) mass is 535 g/mol. The number of sulfonamides is 1. The minimum Gasteiger partial charge on any atom is -0.493 e. The molecule has 2 atom stereocenters. The van der Waals surface area contributed by atoms with Crippen molar-refractivity contribution in [3.8, 4) is 17.2 Å². The van der Waals surface area contributed by atoms with Crippen LogP contribution in [0.25, 0.3) is 0 Å². The van der Waals surface area contributed by atoms with Crippen LogP contribution in [0.2, 0.25) is 0 Å². The van der Waals surface area contributed by atoms with Gasteiger partial charge >= 0.3 is 0 Å². The van der Waals surface area contributed by atoms with E-state index in [0.717, 1.165) is 12.8 Å². The molecular formula is C26H37N3O7S. The van der Waals surface area contributed by atoms with Gasteiger partial charge in [-0.1, -0.05) is 13.8 Å². The summed E-state index contributed by atoms with van der Waals surface area (Å²) >= 11 is 0. The summed E-state index contributed by atoms with van der Waals surface area (Å²) in [5.41, 5.74) is 1.16. The molecule has 1 amide bonds. The number of hydrogen-bond acceptors (Lipinski definition) is 8. The largest absolute Gasteiger partial charge is 0.493 e. The molecule has 0 radical (unpaired) electrons. The Morgan fingerprint density at radius 3 is 2.16 bits per heavy atom. The Hall–Kier alpha value is -3.02. The smallest absolute Gasteiger partial charge is 0.247 e. The Kier molecular flexibility index (Phi) is 10.0. The summed E-state index contributed by atoms with van der Waals surface area (Å²) in [6.07, 6.45) is 1.84. The molecule has 0 aromatic heterocycles. The third-order valence-electron chi connectivity index (χ3n) is 6.32. The van der Waals surface area contributed by atoms with Crippen molar-refractivity contribution in [2.45, 2.75) is 43.7 Å². The zero-order valence-electron chi connectivity index (χ0n) is 22.1. The summed E-state index contributed by atoms with van der Waals surface area (Å²) in [4.78, 5) is 13.6. The minimum atomic E-state index is -3.59. The van der Waals surface area contributed by atoms with E-state index in [4.69, 9.17) is 18.9 Å². The Balaban J connectivity index is 1.93. The predicted octanol–water partition coefficient (Wildman–Crippen LogP) is 3.19. The van der Waals surface area contributed by atoms with E-state index in [2.05, 4.69) is 10.6 Å². The standard InChI is InChI=1S/C26H37N3O7S/c1-6-29(7-2)37(31,32)21-12-10-19(11-13-21)28-24(26(30)27-17-20-9-8-14-36-20)18-15-22(33-3)25(35-5)23(16-18)34-4/h10-13,15-16,20,24,28H,6-9,14,17H2,1-5H3,(H,27,30)/t20-,24-/m1/s1. The van der Waals surface area contributed by atoms with Gasteiger partial charge in [-0.25, -0.2) is 8.42 Å². The zero-order valence-corrected chi connectivity index (χ0v) is 22.9. The molecule has 1 heterocycles. The van der Waals surface area contributed by atoms with E-state index in [1.54, 1.807) is 38.1 Å². The van der Waals surface area contributed by atoms with Crippen LogP contribution < -0.4 is 24.8 Å². The molecule has 204 valence electrons. The fraction of sp³-hybridized carbons (Fsp3) is 0.500.